The maximum Gasteiger partial charge on any atom is 0.223 e. The first-order valence-electron chi connectivity index (χ1n) is 3.79. The third kappa shape index (κ3) is 1.31. The lowest BCUT2D eigenvalue weighted by Gasteiger charge is -2.23. The summed E-state index contributed by atoms with van der Waals surface area (Å²) >= 11 is 0. The van der Waals surface area contributed by atoms with Gasteiger partial charge in [-0.1, -0.05) is 20.8 Å². The van der Waals surface area contributed by atoms with E-state index in [1.807, 2.05) is 0 Å². The van der Waals surface area contributed by atoms with Crippen LogP contribution in [0, 0.1) is 11.3 Å². The summed E-state index contributed by atoms with van der Waals surface area (Å²) in [5, 5.41) is 2.84. The molecule has 0 aromatic rings. The quantitative estimate of drug-likeness (QED) is 0.539. The minimum absolute atomic E-state index is 0.139. The molecule has 1 heterocycles. The van der Waals surface area contributed by atoms with Gasteiger partial charge in [0.2, 0.25) is 5.91 Å². The maximum atomic E-state index is 11.1. The highest BCUT2D eigenvalue weighted by Gasteiger charge is 2.34. The van der Waals surface area contributed by atoms with Crippen LogP contribution >= 0.6 is 0 Å². The van der Waals surface area contributed by atoms with Gasteiger partial charge >= 0.3 is 0 Å². The van der Waals surface area contributed by atoms with Crippen molar-refractivity contribution in [3.05, 3.63) is 0 Å². The first kappa shape index (κ1) is 7.58. The standard InChI is InChI=1S/C8H15NO/c1-8(2,3)6-4-5-9-7(6)10/h6H,4-5H2,1-3H3,(H,9,10). The van der Waals surface area contributed by atoms with Crippen molar-refractivity contribution in [2.45, 2.75) is 27.2 Å². The highest BCUT2D eigenvalue weighted by molar-refractivity contribution is 5.81. The van der Waals surface area contributed by atoms with E-state index in [-0.39, 0.29) is 17.2 Å². The van der Waals surface area contributed by atoms with Gasteiger partial charge in [-0.05, 0) is 11.8 Å². The SMILES string of the molecule is CC(C)(C)C1CCNC1=O. The molecular formula is C8H15NO. The molecule has 10 heavy (non-hydrogen) atoms. The molecular weight excluding hydrogens is 126 g/mol. The van der Waals surface area contributed by atoms with Crippen LogP contribution in [0.25, 0.3) is 0 Å². The van der Waals surface area contributed by atoms with Gasteiger partial charge in [-0.2, -0.15) is 0 Å². The predicted octanol–water partition coefficient (Wildman–Crippen LogP) is 1.17. The molecule has 1 amide bonds. The molecule has 58 valence electrons. The molecule has 1 N–H and O–H groups in total. The van der Waals surface area contributed by atoms with Gasteiger partial charge in [0.1, 0.15) is 0 Å². The molecule has 0 saturated carbocycles. The van der Waals surface area contributed by atoms with Gasteiger partial charge in [-0.3, -0.25) is 4.79 Å². The van der Waals surface area contributed by atoms with E-state index in [2.05, 4.69) is 26.1 Å². The predicted molar refractivity (Wildman–Crippen MR) is 40.6 cm³/mol. The maximum absolute atomic E-state index is 11.1. The summed E-state index contributed by atoms with van der Waals surface area (Å²) in [6.07, 6.45) is 1.00. The van der Waals surface area contributed by atoms with Gasteiger partial charge in [0.15, 0.2) is 0 Å². The third-order valence-electron chi connectivity index (χ3n) is 2.09. The Kier molecular flexibility index (Phi) is 1.71. The molecule has 0 bridgehead atoms. The van der Waals surface area contributed by atoms with Crippen LogP contribution in [0.4, 0.5) is 0 Å². The minimum atomic E-state index is 0.139. The Balaban J connectivity index is 2.64. The fraction of sp³-hybridized carbons (Fsp3) is 0.875. The van der Waals surface area contributed by atoms with Crippen molar-refractivity contribution in [1.29, 1.82) is 0 Å². The monoisotopic (exact) mass is 141 g/mol. The lowest BCUT2D eigenvalue weighted by molar-refractivity contribution is -0.125. The van der Waals surface area contributed by atoms with Crippen molar-refractivity contribution in [2.75, 3.05) is 6.54 Å². The molecule has 2 heteroatoms. The fourth-order valence-electron chi connectivity index (χ4n) is 1.42. The lowest BCUT2D eigenvalue weighted by Crippen LogP contribution is -2.28. The third-order valence-corrected chi connectivity index (χ3v) is 2.09. The largest absolute Gasteiger partial charge is 0.356 e. The molecule has 1 unspecified atom stereocenters. The molecule has 2 nitrogen and oxygen atoms in total. The van der Waals surface area contributed by atoms with Gasteiger partial charge in [-0.25, -0.2) is 0 Å². The second-order valence-corrected chi connectivity index (χ2v) is 4.00. The van der Waals surface area contributed by atoms with E-state index >= 15 is 0 Å². The van der Waals surface area contributed by atoms with Crippen LogP contribution in [-0.2, 0) is 4.79 Å². The molecule has 0 aromatic heterocycles. The minimum Gasteiger partial charge on any atom is -0.356 e. The van der Waals surface area contributed by atoms with Crippen LogP contribution in [0.5, 0.6) is 0 Å². The van der Waals surface area contributed by atoms with E-state index in [9.17, 15) is 4.79 Å². The van der Waals surface area contributed by atoms with Crippen LogP contribution in [0.3, 0.4) is 0 Å². The Morgan fingerprint density at radius 3 is 2.30 bits per heavy atom. The number of hydrogen-bond acceptors (Lipinski definition) is 1. The van der Waals surface area contributed by atoms with Crippen molar-refractivity contribution < 1.29 is 4.79 Å². The van der Waals surface area contributed by atoms with Gasteiger partial charge in [0, 0.05) is 12.5 Å². The van der Waals surface area contributed by atoms with Crippen molar-refractivity contribution in [3.63, 3.8) is 0 Å². The van der Waals surface area contributed by atoms with Crippen molar-refractivity contribution in [3.8, 4) is 0 Å². The number of amides is 1. The van der Waals surface area contributed by atoms with Crippen molar-refractivity contribution in [1.82, 2.24) is 5.32 Å². The van der Waals surface area contributed by atoms with Gasteiger partial charge in [0.05, 0.1) is 0 Å². The summed E-state index contributed by atoms with van der Waals surface area (Å²) in [7, 11) is 0. The van der Waals surface area contributed by atoms with E-state index in [0.29, 0.717) is 0 Å². The number of carbonyl (C=O) groups is 1. The van der Waals surface area contributed by atoms with E-state index in [1.54, 1.807) is 0 Å². The molecule has 0 aliphatic carbocycles. The number of nitrogens with one attached hydrogen (secondary N) is 1. The normalized spacial score (nSPS) is 26.7. The second kappa shape index (κ2) is 2.26. The molecule has 1 saturated heterocycles. The molecule has 1 aliphatic rings. The van der Waals surface area contributed by atoms with Crippen LogP contribution in [-0.4, -0.2) is 12.5 Å². The van der Waals surface area contributed by atoms with E-state index in [0.717, 1.165) is 13.0 Å². The Bertz CT molecular complexity index is 146. The number of rotatable bonds is 0. The van der Waals surface area contributed by atoms with Crippen molar-refractivity contribution >= 4 is 5.91 Å². The van der Waals surface area contributed by atoms with E-state index in [4.69, 9.17) is 0 Å². The fourth-order valence-corrected chi connectivity index (χ4v) is 1.42. The average Bonchev–Trinajstić information content (AvgIpc) is 2.11. The van der Waals surface area contributed by atoms with Crippen LogP contribution in [0.2, 0.25) is 0 Å². The Morgan fingerprint density at radius 2 is 2.10 bits per heavy atom. The first-order valence-corrected chi connectivity index (χ1v) is 3.79. The highest BCUT2D eigenvalue weighted by atomic mass is 16.2. The summed E-state index contributed by atoms with van der Waals surface area (Å²) < 4.78 is 0. The van der Waals surface area contributed by atoms with Crippen LogP contribution in [0.15, 0.2) is 0 Å². The van der Waals surface area contributed by atoms with E-state index < -0.39 is 0 Å². The van der Waals surface area contributed by atoms with Crippen LogP contribution in [0.1, 0.15) is 27.2 Å². The summed E-state index contributed by atoms with van der Waals surface area (Å²) in [6, 6.07) is 0. The Morgan fingerprint density at radius 1 is 1.50 bits per heavy atom. The van der Waals surface area contributed by atoms with Gasteiger partial charge < -0.3 is 5.32 Å². The molecule has 1 fully saturated rings. The Hall–Kier alpha value is -0.530. The molecule has 0 spiro atoms. The summed E-state index contributed by atoms with van der Waals surface area (Å²) in [5.74, 6) is 0.458. The number of carbonyl (C=O) groups excluding carboxylic acids is 1. The highest BCUT2D eigenvalue weighted by Crippen LogP contribution is 2.30. The first-order chi connectivity index (χ1) is 4.52. The zero-order valence-electron chi connectivity index (χ0n) is 6.90. The topological polar surface area (TPSA) is 29.1 Å². The van der Waals surface area contributed by atoms with E-state index in [1.165, 1.54) is 0 Å². The van der Waals surface area contributed by atoms with Crippen molar-refractivity contribution in [2.24, 2.45) is 11.3 Å². The summed E-state index contributed by atoms with van der Waals surface area (Å²) in [6.45, 7) is 7.20. The molecule has 0 radical (unpaired) electrons. The Labute approximate surface area is 62.0 Å². The molecule has 1 atom stereocenters. The average molecular weight is 141 g/mol. The zero-order valence-corrected chi connectivity index (χ0v) is 6.90. The van der Waals surface area contributed by atoms with Gasteiger partial charge in [0.25, 0.3) is 0 Å². The summed E-state index contributed by atoms with van der Waals surface area (Å²) in [4.78, 5) is 11.1. The second-order valence-electron chi connectivity index (χ2n) is 4.00. The van der Waals surface area contributed by atoms with Crippen LogP contribution < -0.4 is 5.32 Å². The van der Waals surface area contributed by atoms with Gasteiger partial charge in [-0.15, -0.1) is 0 Å². The molecule has 1 rings (SSSR count). The molecule has 1 aliphatic heterocycles. The molecule has 0 aromatic carbocycles. The lowest BCUT2D eigenvalue weighted by atomic mass is 9.80. The summed E-state index contributed by atoms with van der Waals surface area (Å²) in [5.41, 5.74) is 0.139. The number of hydrogen-bond donors (Lipinski definition) is 1. The smallest absolute Gasteiger partial charge is 0.223 e. The zero-order chi connectivity index (χ0) is 7.78.